The molecule has 1 aliphatic heterocycles. The maximum absolute atomic E-state index is 6.30. The lowest BCUT2D eigenvalue weighted by molar-refractivity contribution is 0.435. The molecule has 76 valence electrons. The topological polar surface area (TPSA) is 12.0 Å². The van der Waals surface area contributed by atoms with Crippen LogP contribution in [0.5, 0.6) is 0 Å². The first-order valence-electron chi connectivity index (χ1n) is 5.01. The van der Waals surface area contributed by atoms with Gasteiger partial charge in [-0.1, -0.05) is 31.5 Å². The Morgan fingerprint density at radius 3 is 2.79 bits per heavy atom. The normalized spacial score (nSPS) is 19.1. The van der Waals surface area contributed by atoms with Crippen LogP contribution in [0.25, 0.3) is 0 Å². The van der Waals surface area contributed by atoms with E-state index in [4.69, 9.17) is 11.6 Å². The van der Waals surface area contributed by atoms with Crippen LogP contribution < -0.4 is 5.32 Å². The fraction of sp³-hybridized carbons (Fsp3) is 0.500. The lowest BCUT2D eigenvalue weighted by Gasteiger charge is -2.34. The van der Waals surface area contributed by atoms with Crippen molar-refractivity contribution in [2.45, 2.75) is 32.7 Å². The van der Waals surface area contributed by atoms with Crippen molar-refractivity contribution in [1.29, 1.82) is 0 Å². The number of aryl methyl sites for hydroxylation is 1. The fourth-order valence-electron chi connectivity index (χ4n) is 2.31. The average Bonchev–Trinajstić information content (AvgIpc) is 2.00. The van der Waals surface area contributed by atoms with E-state index in [9.17, 15) is 0 Å². The molecule has 1 aromatic rings. The first-order chi connectivity index (χ1) is 6.50. The van der Waals surface area contributed by atoms with Gasteiger partial charge in [0.2, 0.25) is 0 Å². The van der Waals surface area contributed by atoms with E-state index in [2.05, 4.69) is 38.2 Å². The highest BCUT2D eigenvalue weighted by Gasteiger charge is 2.29. The molecule has 0 radical (unpaired) electrons. The van der Waals surface area contributed by atoms with E-state index < -0.39 is 0 Å². The predicted molar refractivity (Wildman–Crippen MR) is 60.9 cm³/mol. The third-order valence-electron chi connectivity index (χ3n) is 2.88. The Labute approximate surface area is 90.5 Å². The molecule has 0 aliphatic carbocycles. The number of hydrogen-bond donors (Lipinski definition) is 1. The summed E-state index contributed by atoms with van der Waals surface area (Å²) >= 11 is 6.30. The molecule has 0 saturated carbocycles. The van der Waals surface area contributed by atoms with Crippen LogP contribution in [0.15, 0.2) is 12.1 Å². The molecular weight excluding hydrogens is 194 g/mol. The first-order valence-corrected chi connectivity index (χ1v) is 5.39. The number of nitrogens with one attached hydrogen (secondary N) is 1. The Hall–Kier alpha value is -0.530. The van der Waals surface area contributed by atoms with Crippen molar-refractivity contribution in [2.75, 3.05) is 6.54 Å². The molecule has 1 aliphatic rings. The predicted octanol–water partition coefficient (Wildman–Crippen LogP) is 3.03. The molecule has 14 heavy (non-hydrogen) atoms. The van der Waals surface area contributed by atoms with Gasteiger partial charge in [0.15, 0.2) is 0 Å². The van der Waals surface area contributed by atoms with Gasteiger partial charge in [-0.05, 0) is 29.7 Å². The molecule has 0 saturated heterocycles. The van der Waals surface area contributed by atoms with E-state index in [1.165, 1.54) is 16.7 Å². The highest BCUT2D eigenvalue weighted by molar-refractivity contribution is 6.31. The number of rotatable bonds is 0. The zero-order valence-electron chi connectivity index (χ0n) is 8.95. The second-order valence-electron chi connectivity index (χ2n) is 4.77. The zero-order valence-corrected chi connectivity index (χ0v) is 9.70. The monoisotopic (exact) mass is 209 g/mol. The van der Waals surface area contributed by atoms with Gasteiger partial charge in [-0.25, -0.2) is 0 Å². The minimum Gasteiger partial charge on any atom is -0.312 e. The fourth-order valence-corrected chi connectivity index (χ4v) is 2.86. The van der Waals surface area contributed by atoms with Crippen molar-refractivity contribution in [3.05, 3.63) is 33.8 Å². The Morgan fingerprint density at radius 1 is 1.36 bits per heavy atom. The van der Waals surface area contributed by atoms with Crippen LogP contribution in [0.1, 0.15) is 30.5 Å². The van der Waals surface area contributed by atoms with Crippen molar-refractivity contribution in [3.8, 4) is 0 Å². The molecule has 0 amide bonds. The van der Waals surface area contributed by atoms with Gasteiger partial charge in [0.05, 0.1) is 0 Å². The standard InChI is InChI=1S/C12H16ClN/c1-8-4-9-6-14-7-12(2,3)11(9)10(13)5-8/h4-5,14H,6-7H2,1-3H3. The first kappa shape index (κ1) is 10.0. The molecule has 0 bridgehead atoms. The van der Waals surface area contributed by atoms with Gasteiger partial charge in [-0.2, -0.15) is 0 Å². The van der Waals surface area contributed by atoms with Crippen LogP contribution in [0.4, 0.5) is 0 Å². The maximum Gasteiger partial charge on any atom is 0.0449 e. The number of benzene rings is 1. The Morgan fingerprint density at radius 2 is 2.07 bits per heavy atom. The SMILES string of the molecule is Cc1cc(Cl)c2c(c1)CNCC2(C)C. The summed E-state index contributed by atoms with van der Waals surface area (Å²) in [7, 11) is 0. The molecule has 1 N–H and O–H groups in total. The van der Waals surface area contributed by atoms with Crippen LogP contribution in [-0.4, -0.2) is 6.54 Å². The second-order valence-corrected chi connectivity index (χ2v) is 5.18. The summed E-state index contributed by atoms with van der Waals surface area (Å²) < 4.78 is 0. The van der Waals surface area contributed by atoms with Crippen LogP contribution in [0, 0.1) is 6.92 Å². The van der Waals surface area contributed by atoms with Gasteiger partial charge in [0, 0.05) is 23.5 Å². The molecule has 0 aromatic heterocycles. The van der Waals surface area contributed by atoms with Gasteiger partial charge in [-0.3, -0.25) is 0 Å². The van der Waals surface area contributed by atoms with Gasteiger partial charge < -0.3 is 5.32 Å². The molecule has 1 heterocycles. The summed E-state index contributed by atoms with van der Waals surface area (Å²) in [5.41, 5.74) is 4.07. The second kappa shape index (κ2) is 3.25. The van der Waals surface area contributed by atoms with Crippen molar-refractivity contribution in [1.82, 2.24) is 5.32 Å². The van der Waals surface area contributed by atoms with Crippen molar-refractivity contribution in [3.63, 3.8) is 0 Å². The quantitative estimate of drug-likeness (QED) is 0.693. The van der Waals surface area contributed by atoms with E-state index >= 15 is 0 Å². The third-order valence-corrected chi connectivity index (χ3v) is 3.17. The molecule has 1 nitrogen and oxygen atoms in total. The van der Waals surface area contributed by atoms with Gasteiger partial charge >= 0.3 is 0 Å². The Bertz CT molecular complexity index is 369. The third kappa shape index (κ3) is 1.55. The Kier molecular flexibility index (Phi) is 2.32. The molecular formula is C12H16ClN. The minimum absolute atomic E-state index is 0.151. The summed E-state index contributed by atoms with van der Waals surface area (Å²) in [5.74, 6) is 0. The van der Waals surface area contributed by atoms with Gasteiger partial charge in [0.25, 0.3) is 0 Å². The van der Waals surface area contributed by atoms with Gasteiger partial charge in [-0.15, -0.1) is 0 Å². The lowest BCUT2D eigenvalue weighted by atomic mass is 9.79. The van der Waals surface area contributed by atoms with Crippen LogP contribution in [-0.2, 0) is 12.0 Å². The minimum atomic E-state index is 0.151. The van der Waals surface area contributed by atoms with Crippen LogP contribution >= 0.6 is 11.6 Å². The maximum atomic E-state index is 6.30. The summed E-state index contributed by atoms with van der Waals surface area (Å²) in [6.07, 6.45) is 0. The highest BCUT2D eigenvalue weighted by Crippen LogP contribution is 2.35. The largest absolute Gasteiger partial charge is 0.312 e. The summed E-state index contributed by atoms with van der Waals surface area (Å²) in [4.78, 5) is 0. The summed E-state index contributed by atoms with van der Waals surface area (Å²) in [6.45, 7) is 8.51. The highest BCUT2D eigenvalue weighted by atomic mass is 35.5. The van der Waals surface area contributed by atoms with E-state index in [0.717, 1.165) is 18.1 Å². The zero-order chi connectivity index (χ0) is 10.3. The van der Waals surface area contributed by atoms with Crippen LogP contribution in [0.2, 0.25) is 5.02 Å². The molecule has 0 atom stereocenters. The number of hydrogen-bond acceptors (Lipinski definition) is 1. The number of halogens is 1. The molecule has 0 unspecified atom stereocenters. The smallest absolute Gasteiger partial charge is 0.0449 e. The molecule has 1 aromatic carbocycles. The molecule has 0 fully saturated rings. The molecule has 2 heteroatoms. The van der Waals surface area contributed by atoms with Crippen molar-refractivity contribution < 1.29 is 0 Å². The van der Waals surface area contributed by atoms with E-state index in [1.807, 2.05) is 0 Å². The van der Waals surface area contributed by atoms with E-state index in [0.29, 0.717) is 0 Å². The summed E-state index contributed by atoms with van der Waals surface area (Å²) in [6, 6.07) is 4.29. The van der Waals surface area contributed by atoms with Crippen LogP contribution in [0.3, 0.4) is 0 Å². The molecule has 0 spiro atoms. The average molecular weight is 210 g/mol. The van der Waals surface area contributed by atoms with E-state index in [1.54, 1.807) is 0 Å². The lowest BCUT2D eigenvalue weighted by Crippen LogP contribution is -2.39. The van der Waals surface area contributed by atoms with E-state index in [-0.39, 0.29) is 5.41 Å². The molecule has 2 rings (SSSR count). The van der Waals surface area contributed by atoms with Crippen molar-refractivity contribution in [2.24, 2.45) is 0 Å². The van der Waals surface area contributed by atoms with Gasteiger partial charge in [0.1, 0.15) is 0 Å². The van der Waals surface area contributed by atoms with Crippen molar-refractivity contribution >= 4 is 11.6 Å². The number of fused-ring (bicyclic) bond motifs is 1. The Balaban J connectivity index is 2.63. The summed E-state index contributed by atoms with van der Waals surface area (Å²) in [5, 5.41) is 4.35.